The lowest BCUT2D eigenvalue weighted by Crippen LogP contribution is -2.48. The Bertz CT molecular complexity index is 1420. The number of benzene rings is 2. The summed E-state index contributed by atoms with van der Waals surface area (Å²) in [6.07, 6.45) is 1.71. The van der Waals surface area contributed by atoms with Gasteiger partial charge in [0.25, 0.3) is 5.91 Å². The molecule has 1 aliphatic rings. The van der Waals surface area contributed by atoms with E-state index in [-0.39, 0.29) is 35.4 Å². The Morgan fingerprint density at radius 1 is 1.17 bits per heavy atom. The molecule has 1 aliphatic heterocycles. The highest BCUT2D eigenvalue weighted by Gasteiger charge is 2.27. The number of nitrogens with one attached hydrogen (secondary N) is 1. The number of carbonyl (C=O) groups is 1. The Kier molecular flexibility index (Phi) is 6.23. The van der Waals surface area contributed by atoms with Gasteiger partial charge in [-0.3, -0.25) is 9.89 Å². The van der Waals surface area contributed by atoms with Crippen molar-refractivity contribution >= 4 is 22.8 Å². The molecule has 1 N–H and O–H groups in total. The van der Waals surface area contributed by atoms with Gasteiger partial charge in [0.05, 0.1) is 30.5 Å². The second kappa shape index (κ2) is 9.50. The lowest BCUT2D eigenvalue weighted by atomic mass is 10.1. The molecule has 186 valence electrons. The SMILES string of the molecule is C[C@@H]1CO[C@@H](C)CN1c1nc(Oc2ccc(C(=O)N(C)C)cc2F)nc(-c2ccc3[nH]ncc3c2)n1. The van der Waals surface area contributed by atoms with Crippen LogP contribution < -0.4 is 9.64 Å². The highest BCUT2D eigenvalue weighted by atomic mass is 19.1. The van der Waals surface area contributed by atoms with Gasteiger partial charge in [-0.1, -0.05) is 0 Å². The van der Waals surface area contributed by atoms with Gasteiger partial charge in [-0.25, -0.2) is 4.39 Å². The third-order valence-electron chi connectivity index (χ3n) is 5.95. The summed E-state index contributed by atoms with van der Waals surface area (Å²) >= 11 is 0. The molecule has 0 unspecified atom stereocenters. The Labute approximate surface area is 207 Å². The summed E-state index contributed by atoms with van der Waals surface area (Å²) in [5, 5.41) is 7.89. The normalized spacial score (nSPS) is 17.9. The number of ether oxygens (including phenoxy) is 2. The molecule has 4 aromatic rings. The van der Waals surface area contributed by atoms with E-state index in [1.807, 2.05) is 36.9 Å². The van der Waals surface area contributed by atoms with Crippen LogP contribution >= 0.6 is 0 Å². The number of aromatic nitrogens is 5. The van der Waals surface area contributed by atoms with Crippen molar-refractivity contribution in [1.82, 2.24) is 30.0 Å². The van der Waals surface area contributed by atoms with Gasteiger partial charge >= 0.3 is 6.01 Å². The van der Waals surface area contributed by atoms with Crippen molar-refractivity contribution < 1.29 is 18.7 Å². The van der Waals surface area contributed by atoms with Crippen molar-refractivity contribution in [1.29, 1.82) is 0 Å². The highest BCUT2D eigenvalue weighted by molar-refractivity contribution is 5.94. The van der Waals surface area contributed by atoms with Crippen molar-refractivity contribution in [2.24, 2.45) is 0 Å². The average Bonchev–Trinajstić information content (AvgIpc) is 3.34. The lowest BCUT2D eigenvalue weighted by Gasteiger charge is -2.36. The van der Waals surface area contributed by atoms with Crippen molar-refractivity contribution in [2.75, 3.05) is 32.1 Å². The molecule has 0 aliphatic carbocycles. The number of fused-ring (bicyclic) bond motifs is 1. The number of amides is 1. The number of morpholine rings is 1. The summed E-state index contributed by atoms with van der Waals surface area (Å²) in [6.45, 7) is 5.11. The van der Waals surface area contributed by atoms with Gasteiger partial charge in [0.2, 0.25) is 5.95 Å². The molecule has 2 atom stereocenters. The zero-order valence-corrected chi connectivity index (χ0v) is 20.4. The molecule has 1 amide bonds. The first-order chi connectivity index (χ1) is 17.3. The zero-order chi connectivity index (χ0) is 25.4. The average molecular weight is 492 g/mol. The maximum absolute atomic E-state index is 14.9. The van der Waals surface area contributed by atoms with E-state index < -0.39 is 5.82 Å². The first-order valence-corrected chi connectivity index (χ1v) is 11.6. The van der Waals surface area contributed by atoms with Crippen molar-refractivity contribution in [3.63, 3.8) is 0 Å². The number of hydrogen-bond acceptors (Lipinski definition) is 8. The fourth-order valence-corrected chi connectivity index (χ4v) is 3.99. The fraction of sp³-hybridized carbons (Fsp3) is 0.320. The minimum atomic E-state index is -0.695. The number of anilines is 1. The molecule has 10 nitrogen and oxygen atoms in total. The molecular weight excluding hydrogens is 465 g/mol. The molecule has 36 heavy (non-hydrogen) atoms. The number of hydrogen-bond donors (Lipinski definition) is 1. The number of rotatable bonds is 5. The van der Waals surface area contributed by atoms with Crippen molar-refractivity contribution in [3.8, 4) is 23.1 Å². The number of aromatic amines is 1. The van der Waals surface area contributed by atoms with Crippen LogP contribution in [0.25, 0.3) is 22.3 Å². The number of halogens is 1. The largest absolute Gasteiger partial charge is 0.421 e. The van der Waals surface area contributed by atoms with Gasteiger partial charge in [-0.05, 0) is 50.2 Å². The summed E-state index contributed by atoms with van der Waals surface area (Å²) in [6, 6.07) is 9.68. The summed E-state index contributed by atoms with van der Waals surface area (Å²) in [4.78, 5) is 29.3. The Hall–Kier alpha value is -4.12. The van der Waals surface area contributed by atoms with E-state index in [1.165, 1.54) is 17.0 Å². The Morgan fingerprint density at radius 2 is 2.00 bits per heavy atom. The van der Waals surface area contributed by atoms with E-state index in [0.29, 0.717) is 24.9 Å². The molecule has 0 bridgehead atoms. The van der Waals surface area contributed by atoms with Crippen LogP contribution in [-0.4, -0.2) is 75.3 Å². The Balaban J connectivity index is 1.55. The summed E-state index contributed by atoms with van der Waals surface area (Å²) in [5.74, 6) is -0.314. The molecule has 0 radical (unpaired) electrons. The van der Waals surface area contributed by atoms with Crippen LogP contribution in [0.4, 0.5) is 10.3 Å². The molecular formula is C25H26FN7O3. The molecule has 11 heteroatoms. The van der Waals surface area contributed by atoms with Crippen molar-refractivity contribution in [3.05, 3.63) is 54.0 Å². The van der Waals surface area contributed by atoms with E-state index >= 15 is 0 Å². The number of carbonyl (C=O) groups excluding carboxylic acids is 1. The minimum Gasteiger partial charge on any atom is -0.421 e. The smallest absolute Gasteiger partial charge is 0.327 e. The number of H-pyrrole nitrogens is 1. The predicted molar refractivity (Wildman–Crippen MR) is 132 cm³/mol. The van der Waals surface area contributed by atoms with Gasteiger partial charge in [-0.2, -0.15) is 20.1 Å². The molecule has 1 saturated heterocycles. The van der Waals surface area contributed by atoms with E-state index in [9.17, 15) is 9.18 Å². The van der Waals surface area contributed by atoms with Crippen LogP contribution in [0.5, 0.6) is 11.8 Å². The maximum Gasteiger partial charge on any atom is 0.327 e. The summed E-state index contributed by atoms with van der Waals surface area (Å²) < 4.78 is 26.4. The molecule has 3 heterocycles. The van der Waals surface area contributed by atoms with Gasteiger partial charge in [0.15, 0.2) is 17.4 Å². The first kappa shape index (κ1) is 23.6. The lowest BCUT2D eigenvalue weighted by molar-refractivity contribution is 0.0336. The Morgan fingerprint density at radius 3 is 2.78 bits per heavy atom. The molecule has 5 rings (SSSR count). The summed E-state index contributed by atoms with van der Waals surface area (Å²) in [7, 11) is 3.21. The van der Waals surface area contributed by atoms with E-state index in [4.69, 9.17) is 14.5 Å². The van der Waals surface area contributed by atoms with E-state index in [2.05, 4.69) is 20.2 Å². The minimum absolute atomic E-state index is 0.00714. The van der Waals surface area contributed by atoms with Crippen LogP contribution in [0.15, 0.2) is 42.6 Å². The summed E-state index contributed by atoms with van der Waals surface area (Å²) in [5.41, 5.74) is 1.83. The van der Waals surface area contributed by atoms with Crippen LogP contribution in [-0.2, 0) is 4.74 Å². The topological polar surface area (TPSA) is 109 Å². The van der Waals surface area contributed by atoms with E-state index in [0.717, 1.165) is 22.5 Å². The van der Waals surface area contributed by atoms with E-state index in [1.54, 1.807) is 20.3 Å². The second-order valence-corrected chi connectivity index (χ2v) is 9.01. The molecule has 0 saturated carbocycles. The van der Waals surface area contributed by atoms with Crippen LogP contribution in [0.1, 0.15) is 24.2 Å². The van der Waals surface area contributed by atoms with Crippen molar-refractivity contribution in [2.45, 2.75) is 26.0 Å². The third kappa shape index (κ3) is 4.69. The molecule has 2 aromatic carbocycles. The van der Waals surface area contributed by atoms with Gasteiger partial charge < -0.3 is 19.3 Å². The molecule has 1 fully saturated rings. The monoisotopic (exact) mass is 491 g/mol. The van der Waals surface area contributed by atoms with Gasteiger partial charge in [-0.15, -0.1) is 0 Å². The fourth-order valence-electron chi connectivity index (χ4n) is 3.99. The third-order valence-corrected chi connectivity index (χ3v) is 5.95. The van der Waals surface area contributed by atoms with Crippen LogP contribution in [0.2, 0.25) is 0 Å². The first-order valence-electron chi connectivity index (χ1n) is 11.6. The standard InChI is InChI=1S/C25H26FN7O3/c1-14-13-35-15(2)12-33(14)24-28-22(16-5-7-20-18(9-16)11-27-31-20)29-25(30-24)36-21-8-6-17(10-19(21)26)23(34)32(3)4/h5-11,14-15H,12-13H2,1-4H3,(H,27,31)/t14-,15+/m1/s1. The predicted octanol–water partition coefficient (Wildman–Crippen LogP) is 3.66. The quantitative estimate of drug-likeness (QED) is 0.451. The second-order valence-electron chi connectivity index (χ2n) is 9.01. The zero-order valence-electron chi connectivity index (χ0n) is 20.4. The van der Waals surface area contributed by atoms with Gasteiger partial charge in [0.1, 0.15) is 0 Å². The van der Waals surface area contributed by atoms with Crippen LogP contribution in [0.3, 0.4) is 0 Å². The van der Waals surface area contributed by atoms with Crippen LogP contribution in [0, 0.1) is 5.82 Å². The molecule has 2 aromatic heterocycles. The molecule has 0 spiro atoms. The number of nitrogens with zero attached hydrogens (tertiary/aromatic N) is 6. The highest BCUT2D eigenvalue weighted by Crippen LogP contribution is 2.29. The maximum atomic E-state index is 14.9. The van der Waals surface area contributed by atoms with Gasteiger partial charge in [0, 0.05) is 37.2 Å².